The molecule has 0 aliphatic heterocycles. The second-order valence-corrected chi connectivity index (χ2v) is 4.38. The lowest BCUT2D eigenvalue weighted by atomic mass is 10.1. The van der Waals surface area contributed by atoms with Gasteiger partial charge in [0.2, 0.25) is 0 Å². The first-order chi connectivity index (χ1) is 9.92. The zero-order valence-electron chi connectivity index (χ0n) is 12.4. The highest BCUT2D eigenvalue weighted by Gasteiger charge is 2.19. The van der Waals surface area contributed by atoms with Gasteiger partial charge in [0.1, 0.15) is 5.75 Å². The van der Waals surface area contributed by atoms with E-state index in [1.165, 1.54) is 33.5 Å². The summed E-state index contributed by atoms with van der Waals surface area (Å²) in [5.41, 5.74) is 0.243. The lowest BCUT2D eigenvalue weighted by Crippen LogP contribution is -2.34. The molecule has 0 saturated carbocycles. The van der Waals surface area contributed by atoms with Gasteiger partial charge in [-0.2, -0.15) is 0 Å². The predicted molar refractivity (Wildman–Crippen MR) is 75.3 cm³/mol. The van der Waals surface area contributed by atoms with Crippen LogP contribution in [0.15, 0.2) is 12.1 Å². The second kappa shape index (κ2) is 7.37. The first kappa shape index (κ1) is 16.6. The normalized spacial score (nSPS) is 11.4. The van der Waals surface area contributed by atoms with E-state index in [2.05, 4.69) is 5.32 Å². The summed E-state index contributed by atoms with van der Waals surface area (Å²) in [7, 11) is 4.36. The van der Waals surface area contributed by atoms with E-state index < -0.39 is 17.9 Å². The average molecular weight is 297 g/mol. The SMILES string of the molecule is COc1cc(OC)c(C(=O)NC(C)CC(=O)O)cc1OC. The van der Waals surface area contributed by atoms with Crippen LogP contribution in [0, 0.1) is 0 Å². The molecule has 0 radical (unpaired) electrons. The van der Waals surface area contributed by atoms with Crippen molar-refractivity contribution in [3.8, 4) is 17.2 Å². The van der Waals surface area contributed by atoms with Gasteiger partial charge in [-0.25, -0.2) is 0 Å². The Morgan fingerprint density at radius 3 is 2.10 bits per heavy atom. The van der Waals surface area contributed by atoms with Crippen molar-refractivity contribution in [2.45, 2.75) is 19.4 Å². The molecule has 7 nitrogen and oxygen atoms in total. The molecular formula is C14H19NO6. The molecule has 1 aromatic rings. The summed E-state index contributed by atoms with van der Waals surface area (Å²) >= 11 is 0. The number of carbonyl (C=O) groups is 2. The van der Waals surface area contributed by atoms with Crippen molar-refractivity contribution in [1.82, 2.24) is 5.32 Å². The number of amides is 1. The molecule has 21 heavy (non-hydrogen) atoms. The zero-order valence-corrected chi connectivity index (χ0v) is 12.4. The van der Waals surface area contributed by atoms with Gasteiger partial charge in [0.05, 0.1) is 33.3 Å². The average Bonchev–Trinajstić information content (AvgIpc) is 2.44. The molecule has 0 bridgehead atoms. The van der Waals surface area contributed by atoms with Gasteiger partial charge in [-0.15, -0.1) is 0 Å². The highest BCUT2D eigenvalue weighted by atomic mass is 16.5. The molecular weight excluding hydrogens is 278 g/mol. The predicted octanol–water partition coefficient (Wildman–Crippen LogP) is 1.31. The third-order valence-electron chi connectivity index (χ3n) is 2.81. The minimum absolute atomic E-state index is 0.165. The van der Waals surface area contributed by atoms with Gasteiger partial charge in [-0.1, -0.05) is 0 Å². The fraction of sp³-hybridized carbons (Fsp3) is 0.429. The van der Waals surface area contributed by atoms with Gasteiger partial charge < -0.3 is 24.6 Å². The van der Waals surface area contributed by atoms with Crippen LogP contribution in [0.1, 0.15) is 23.7 Å². The molecule has 1 unspecified atom stereocenters. The van der Waals surface area contributed by atoms with Crippen LogP contribution in [0.25, 0.3) is 0 Å². The quantitative estimate of drug-likeness (QED) is 0.788. The minimum atomic E-state index is -0.984. The molecule has 0 saturated heterocycles. The Hall–Kier alpha value is -2.44. The maximum atomic E-state index is 12.2. The third-order valence-corrected chi connectivity index (χ3v) is 2.81. The lowest BCUT2D eigenvalue weighted by molar-refractivity contribution is -0.137. The van der Waals surface area contributed by atoms with Crippen molar-refractivity contribution in [2.24, 2.45) is 0 Å². The van der Waals surface area contributed by atoms with Gasteiger partial charge in [-0.3, -0.25) is 9.59 Å². The summed E-state index contributed by atoms with van der Waals surface area (Å²) in [6.07, 6.45) is -0.165. The molecule has 7 heteroatoms. The molecule has 0 aliphatic carbocycles. The Morgan fingerprint density at radius 1 is 1.10 bits per heavy atom. The number of aliphatic carboxylic acids is 1. The van der Waals surface area contributed by atoms with Gasteiger partial charge in [0, 0.05) is 18.2 Å². The molecule has 0 spiro atoms. The number of hydrogen-bond acceptors (Lipinski definition) is 5. The summed E-state index contributed by atoms with van der Waals surface area (Å²) in [4.78, 5) is 22.8. The first-order valence-electron chi connectivity index (χ1n) is 6.25. The molecule has 1 amide bonds. The lowest BCUT2D eigenvalue weighted by Gasteiger charge is -2.16. The molecule has 0 aromatic heterocycles. The number of carbonyl (C=O) groups excluding carboxylic acids is 1. The molecule has 1 aromatic carbocycles. The van der Waals surface area contributed by atoms with E-state index in [4.69, 9.17) is 19.3 Å². The van der Waals surface area contributed by atoms with Gasteiger partial charge in [0.15, 0.2) is 11.5 Å². The Balaban J connectivity index is 3.04. The van der Waals surface area contributed by atoms with Gasteiger partial charge in [0.25, 0.3) is 5.91 Å². The van der Waals surface area contributed by atoms with E-state index in [0.29, 0.717) is 17.2 Å². The summed E-state index contributed by atoms with van der Waals surface area (Å²) < 4.78 is 15.4. The van der Waals surface area contributed by atoms with Crippen molar-refractivity contribution >= 4 is 11.9 Å². The summed E-state index contributed by atoms with van der Waals surface area (Å²) in [6, 6.07) is 2.52. The van der Waals surface area contributed by atoms with Crippen LogP contribution in [-0.4, -0.2) is 44.4 Å². The minimum Gasteiger partial charge on any atom is -0.496 e. The highest BCUT2D eigenvalue weighted by molar-refractivity contribution is 5.98. The standard InChI is InChI=1S/C14H19NO6/c1-8(5-13(16)17)15-14(18)9-6-11(20-3)12(21-4)7-10(9)19-2/h6-8H,5H2,1-4H3,(H,15,18)(H,16,17). The maximum absolute atomic E-state index is 12.2. The number of methoxy groups -OCH3 is 3. The van der Waals surface area contributed by atoms with Gasteiger partial charge in [-0.05, 0) is 6.92 Å². The third kappa shape index (κ3) is 4.27. The topological polar surface area (TPSA) is 94.1 Å². The fourth-order valence-corrected chi connectivity index (χ4v) is 1.82. The molecule has 116 valence electrons. The number of rotatable bonds is 7. The largest absolute Gasteiger partial charge is 0.496 e. The van der Waals surface area contributed by atoms with Crippen LogP contribution >= 0.6 is 0 Å². The van der Waals surface area contributed by atoms with Crippen molar-refractivity contribution in [2.75, 3.05) is 21.3 Å². The van der Waals surface area contributed by atoms with E-state index >= 15 is 0 Å². The van der Waals surface area contributed by atoms with Crippen LogP contribution in [0.4, 0.5) is 0 Å². The van der Waals surface area contributed by atoms with E-state index in [0.717, 1.165) is 0 Å². The van der Waals surface area contributed by atoms with Crippen molar-refractivity contribution in [1.29, 1.82) is 0 Å². The molecule has 0 heterocycles. The summed E-state index contributed by atoms with van der Waals surface area (Å²) in [6.45, 7) is 1.61. The van der Waals surface area contributed by atoms with Crippen molar-refractivity contribution in [3.05, 3.63) is 17.7 Å². The zero-order chi connectivity index (χ0) is 16.0. The second-order valence-electron chi connectivity index (χ2n) is 4.38. The van der Waals surface area contributed by atoms with Crippen LogP contribution in [0.2, 0.25) is 0 Å². The van der Waals surface area contributed by atoms with E-state index in [-0.39, 0.29) is 12.0 Å². The Kier molecular flexibility index (Phi) is 5.83. The number of ether oxygens (including phenoxy) is 3. The van der Waals surface area contributed by atoms with Crippen LogP contribution in [-0.2, 0) is 4.79 Å². The molecule has 0 fully saturated rings. The van der Waals surface area contributed by atoms with Crippen LogP contribution < -0.4 is 19.5 Å². The maximum Gasteiger partial charge on any atom is 0.305 e. The molecule has 1 atom stereocenters. The van der Waals surface area contributed by atoms with E-state index in [9.17, 15) is 9.59 Å². The van der Waals surface area contributed by atoms with Crippen LogP contribution in [0.5, 0.6) is 17.2 Å². The summed E-state index contributed by atoms with van der Waals surface area (Å²) in [5.74, 6) is -0.296. The van der Waals surface area contributed by atoms with E-state index in [1.54, 1.807) is 6.92 Å². The molecule has 2 N–H and O–H groups in total. The smallest absolute Gasteiger partial charge is 0.305 e. The van der Waals surface area contributed by atoms with Crippen molar-refractivity contribution in [3.63, 3.8) is 0 Å². The van der Waals surface area contributed by atoms with Crippen LogP contribution in [0.3, 0.4) is 0 Å². The number of carboxylic acids is 1. The van der Waals surface area contributed by atoms with Gasteiger partial charge >= 0.3 is 5.97 Å². The monoisotopic (exact) mass is 297 g/mol. The Bertz CT molecular complexity index is 528. The summed E-state index contributed by atoms with van der Waals surface area (Å²) in [5, 5.41) is 11.3. The number of carboxylic acid groups (broad SMARTS) is 1. The number of nitrogens with one attached hydrogen (secondary N) is 1. The fourth-order valence-electron chi connectivity index (χ4n) is 1.82. The van der Waals surface area contributed by atoms with E-state index in [1.807, 2.05) is 0 Å². The van der Waals surface area contributed by atoms with Crippen molar-refractivity contribution < 1.29 is 28.9 Å². The first-order valence-corrected chi connectivity index (χ1v) is 6.25. The molecule has 0 aliphatic rings. The Morgan fingerprint density at radius 2 is 1.62 bits per heavy atom. The highest BCUT2D eigenvalue weighted by Crippen LogP contribution is 2.34. The number of benzene rings is 1. The molecule has 1 rings (SSSR count). The Labute approximate surface area is 122 Å². The number of hydrogen-bond donors (Lipinski definition) is 2.